The minimum absolute atomic E-state index is 0.0834. The minimum Gasteiger partial charge on any atom is -0.375 e. The van der Waals surface area contributed by atoms with Gasteiger partial charge in [0, 0.05) is 17.7 Å². The summed E-state index contributed by atoms with van der Waals surface area (Å²) < 4.78 is 6.08. The van der Waals surface area contributed by atoms with Crippen LogP contribution in [0, 0.1) is 5.92 Å². The van der Waals surface area contributed by atoms with Crippen LogP contribution >= 0.6 is 11.6 Å². The lowest BCUT2D eigenvalue weighted by atomic mass is 9.79. The molecule has 0 bridgehead atoms. The molecule has 1 saturated carbocycles. The maximum Gasteiger partial charge on any atom is 0.0685 e. The van der Waals surface area contributed by atoms with Crippen molar-refractivity contribution < 1.29 is 4.74 Å². The Morgan fingerprint density at radius 3 is 2.84 bits per heavy atom. The van der Waals surface area contributed by atoms with E-state index >= 15 is 0 Å². The van der Waals surface area contributed by atoms with E-state index in [-0.39, 0.29) is 11.6 Å². The number of rotatable bonds is 2. The van der Waals surface area contributed by atoms with Crippen molar-refractivity contribution in [2.45, 2.75) is 50.2 Å². The van der Waals surface area contributed by atoms with Crippen molar-refractivity contribution in [2.75, 3.05) is 6.61 Å². The molecule has 1 heterocycles. The smallest absolute Gasteiger partial charge is 0.0685 e. The van der Waals surface area contributed by atoms with Crippen LogP contribution in [0.4, 0.5) is 0 Å². The fourth-order valence-electron chi connectivity index (χ4n) is 3.73. The molecule has 0 amide bonds. The summed E-state index contributed by atoms with van der Waals surface area (Å²) in [7, 11) is 0. The third-order valence-corrected chi connectivity index (χ3v) is 5.02. The molecular formula is C16H22ClNO. The van der Waals surface area contributed by atoms with Crippen LogP contribution in [0.15, 0.2) is 24.3 Å². The van der Waals surface area contributed by atoms with Gasteiger partial charge < -0.3 is 10.5 Å². The highest BCUT2D eigenvalue weighted by Crippen LogP contribution is 2.44. The molecule has 0 radical (unpaired) electrons. The van der Waals surface area contributed by atoms with Crippen molar-refractivity contribution in [3.05, 3.63) is 34.9 Å². The topological polar surface area (TPSA) is 35.2 Å². The largest absolute Gasteiger partial charge is 0.375 e. The van der Waals surface area contributed by atoms with Gasteiger partial charge in [0.05, 0.1) is 5.60 Å². The number of hydrogen-bond acceptors (Lipinski definition) is 2. The van der Waals surface area contributed by atoms with E-state index in [1.165, 1.54) is 25.7 Å². The molecule has 2 atom stereocenters. The summed E-state index contributed by atoms with van der Waals surface area (Å²) in [6.45, 7) is 0.860. The van der Waals surface area contributed by atoms with Gasteiger partial charge in [0.2, 0.25) is 0 Å². The maximum atomic E-state index is 6.48. The first-order chi connectivity index (χ1) is 9.19. The molecule has 19 heavy (non-hydrogen) atoms. The molecule has 3 rings (SSSR count). The number of nitrogens with two attached hydrogens (primary N) is 1. The Morgan fingerprint density at radius 2 is 2.11 bits per heavy atom. The van der Waals surface area contributed by atoms with Crippen LogP contribution < -0.4 is 5.73 Å². The van der Waals surface area contributed by atoms with Gasteiger partial charge in [-0.25, -0.2) is 0 Å². The molecule has 1 aliphatic heterocycles. The van der Waals surface area contributed by atoms with E-state index < -0.39 is 0 Å². The Labute approximate surface area is 120 Å². The molecule has 2 fully saturated rings. The SMILES string of the molecule is NC(c1cccc(Cl)c1)C1CCOC2(CCCC2)C1. The Morgan fingerprint density at radius 1 is 1.32 bits per heavy atom. The van der Waals surface area contributed by atoms with Crippen LogP contribution in [-0.4, -0.2) is 12.2 Å². The van der Waals surface area contributed by atoms with Crippen molar-refractivity contribution in [3.8, 4) is 0 Å². The van der Waals surface area contributed by atoms with Crippen LogP contribution in [0.5, 0.6) is 0 Å². The highest BCUT2D eigenvalue weighted by Gasteiger charge is 2.41. The molecule has 0 aromatic heterocycles. The van der Waals surface area contributed by atoms with Gasteiger partial charge in [-0.1, -0.05) is 36.6 Å². The third-order valence-electron chi connectivity index (χ3n) is 4.79. The maximum absolute atomic E-state index is 6.48. The zero-order chi connectivity index (χ0) is 13.3. The van der Waals surface area contributed by atoms with E-state index in [2.05, 4.69) is 6.07 Å². The predicted octanol–water partition coefficient (Wildman–Crippen LogP) is 4.08. The molecule has 104 valence electrons. The van der Waals surface area contributed by atoms with Crippen molar-refractivity contribution in [1.82, 2.24) is 0 Å². The molecule has 2 N–H and O–H groups in total. The fourth-order valence-corrected chi connectivity index (χ4v) is 3.92. The highest BCUT2D eigenvalue weighted by molar-refractivity contribution is 6.30. The molecule has 2 nitrogen and oxygen atoms in total. The Kier molecular flexibility index (Phi) is 3.84. The Hall–Kier alpha value is -0.570. The lowest BCUT2D eigenvalue weighted by Crippen LogP contribution is -2.40. The van der Waals surface area contributed by atoms with Gasteiger partial charge >= 0.3 is 0 Å². The van der Waals surface area contributed by atoms with E-state index in [4.69, 9.17) is 22.1 Å². The monoisotopic (exact) mass is 279 g/mol. The first-order valence-electron chi connectivity index (χ1n) is 7.34. The van der Waals surface area contributed by atoms with Gasteiger partial charge in [0.15, 0.2) is 0 Å². The molecule has 1 spiro atoms. The van der Waals surface area contributed by atoms with E-state index in [9.17, 15) is 0 Å². The quantitative estimate of drug-likeness (QED) is 0.885. The summed E-state index contributed by atoms with van der Waals surface area (Å²) in [6, 6.07) is 8.07. The first kappa shape index (κ1) is 13.4. The van der Waals surface area contributed by atoms with E-state index in [0.717, 1.165) is 30.0 Å². The highest BCUT2D eigenvalue weighted by atomic mass is 35.5. The zero-order valence-corrected chi connectivity index (χ0v) is 12.0. The van der Waals surface area contributed by atoms with Crippen LogP contribution in [0.25, 0.3) is 0 Å². The summed E-state index contributed by atoms with van der Waals surface area (Å²) in [4.78, 5) is 0. The average molecular weight is 280 g/mol. The average Bonchev–Trinajstić information content (AvgIpc) is 2.86. The van der Waals surface area contributed by atoms with Crippen molar-refractivity contribution in [2.24, 2.45) is 11.7 Å². The van der Waals surface area contributed by atoms with Crippen molar-refractivity contribution in [3.63, 3.8) is 0 Å². The Bertz CT molecular complexity index is 442. The molecular weight excluding hydrogens is 258 g/mol. The number of halogens is 1. The van der Waals surface area contributed by atoms with Gasteiger partial charge in [-0.15, -0.1) is 0 Å². The van der Waals surface area contributed by atoms with Crippen molar-refractivity contribution >= 4 is 11.6 Å². The first-order valence-corrected chi connectivity index (χ1v) is 7.71. The van der Waals surface area contributed by atoms with Gasteiger partial charge in [0.25, 0.3) is 0 Å². The summed E-state index contributed by atoms with van der Waals surface area (Å²) in [5.41, 5.74) is 7.77. The summed E-state index contributed by atoms with van der Waals surface area (Å²) in [5.74, 6) is 0.519. The summed E-state index contributed by atoms with van der Waals surface area (Å²) in [6.07, 6.45) is 7.21. The van der Waals surface area contributed by atoms with Crippen molar-refractivity contribution in [1.29, 1.82) is 0 Å². The van der Waals surface area contributed by atoms with E-state index in [0.29, 0.717) is 5.92 Å². The van der Waals surface area contributed by atoms with Crippen LogP contribution in [0.2, 0.25) is 5.02 Å². The molecule has 1 aromatic carbocycles. The third kappa shape index (κ3) is 2.81. The second-order valence-corrected chi connectivity index (χ2v) is 6.51. The van der Waals surface area contributed by atoms with Gasteiger partial charge in [0.1, 0.15) is 0 Å². The van der Waals surface area contributed by atoms with Gasteiger partial charge in [-0.05, 0) is 49.3 Å². The second-order valence-electron chi connectivity index (χ2n) is 6.07. The summed E-state index contributed by atoms with van der Waals surface area (Å²) >= 11 is 6.07. The van der Waals surface area contributed by atoms with Crippen LogP contribution in [0.3, 0.4) is 0 Å². The van der Waals surface area contributed by atoms with Gasteiger partial charge in [-0.2, -0.15) is 0 Å². The fraction of sp³-hybridized carbons (Fsp3) is 0.625. The van der Waals surface area contributed by atoms with E-state index in [1.54, 1.807) is 0 Å². The standard InChI is InChI=1S/C16H22ClNO/c17-14-5-3-4-12(10-14)15(18)13-6-9-19-16(11-13)7-1-2-8-16/h3-5,10,13,15H,1-2,6-9,11,18H2. The normalized spacial score (nSPS) is 27.6. The minimum atomic E-state index is 0.0834. The lowest BCUT2D eigenvalue weighted by Gasteiger charge is -2.40. The number of benzene rings is 1. The number of hydrogen-bond donors (Lipinski definition) is 1. The molecule has 3 heteroatoms. The lowest BCUT2D eigenvalue weighted by molar-refractivity contribution is -0.0963. The Balaban J connectivity index is 1.74. The molecule has 1 aromatic rings. The molecule has 2 unspecified atom stereocenters. The molecule has 1 aliphatic carbocycles. The van der Waals surface area contributed by atoms with E-state index in [1.807, 2.05) is 18.2 Å². The second kappa shape index (κ2) is 5.43. The van der Waals surface area contributed by atoms with Crippen LogP contribution in [-0.2, 0) is 4.74 Å². The zero-order valence-electron chi connectivity index (χ0n) is 11.3. The van der Waals surface area contributed by atoms with Crippen LogP contribution in [0.1, 0.15) is 50.1 Å². The number of ether oxygens (including phenoxy) is 1. The molecule has 1 saturated heterocycles. The molecule has 2 aliphatic rings. The summed E-state index contributed by atoms with van der Waals surface area (Å²) in [5, 5.41) is 0.774. The van der Waals surface area contributed by atoms with Gasteiger partial charge in [-0.3, -0.25) is 0 Å². The predicted molar refractivity (Wildman–Crippen MR) is 78.3 cm³/mol.